The molecule has 5 aromatic rings. The molecule has 1 fully saturated rings. The molecule has 0 spiro atoms. The van der Waals surface area contributed by atoms with Gasteiger partial charge in [0.1, 0.15) is 0 Å². The van der Waals surface area contributed by atoms with Crippen molar-refractivity contribution in [3.8, 4) is 11.4 Å². The first-order chi connectivity index (χ1) is 22.4. The Bertz CT molecular complexity index is 1780. The number of halogens is 11. The molecule has 0 amide bonds. The van der Waals surface area contributed by atoms with E-state index >= 15 is 0 Å². The average molecular weight is 814 g/mol. The third kappa shape index (κ3) is 9.48. The second-order valence-electron chi connectivity index (χ2n) is 9.99. The van der Waals surface area contributed by atoms with Gasteiger partial charge in [-0.3, -0.25) is 0 Å². The number of anilines is 2. The first kappa shape index (κ1) is 36.7. The first-order valence-electron chi connectivity index (χ1n) is 13.6. The molecule has 2 aromatic heterocycles. The molecule has 48 heavy (non-hydrogen) atoms. The highest BCUT2D eigenvalue weighted by Crippen LogP contribution is 2.39. The van der Waals surface area contributed by atoms with Crippen molar-refractivity contribution in [1.29, 1.82) is 0 Å². The minimum Gasteiger partial charge on any atom is -0.399 e. The van der Waals surface area contributed by atoms with Gasteiger partial charge in [0.2, 0.25) is 0 Å². The van der Waals surface area contributed by atoms with Gasteiger partial charge in [-0.05, 0) is 67.4 Å². The van der Waals surface area contributed by atoms with Crippen molar-refractivity contribution in [1.82, 2.24) is 30.0 Å². The number of aromatic nitrogens is 6. The maximum absolute atomic E-state index is 13.1. The lowest BCUT2D eigenvalue weighted by molar-refractivity contribution is -0.139. The first-order valence-corrected chi connectivity index (χ1v) is 15.2. The molecule has 1 aliphatic heterocycles. The number of nitrogens with zero attached hydrogens (tertiary/aromatic N) is 7. The van der Waals surface area contributed by atoms with E-state index in [9.17, 15) is 39.5 Å². The highest BCUT2D eigenvalue weighted by molar-refractivity contribution is 9.10. The van der Waals surface area contributed by atoms with Crippen LogP contribution in [0, 0.1) is 0 Å². The van der Waals surface area contributed by atoms with Crippen molar-refractivity contribution >= 4 is 43.2 Å². The predicted octanol–water partition coefficient (Wildman–Crippen LogP) is 8.99. The SMILES string of the molecule is FC(F)(F)c1ccc(-n2ccnn2)cc1Br.FC(F)(F)c1ccc(-n2ccnn2)cc1N1CCCC1.Nc1ccc(C(F)(F)F)c(Br)c1. The van der Waals surface area contributed by atoms with Gasteiger partial charge in [0.25, 0.3) is 0 Å². The molecule has 0 saturated carbocycles. The zero-order valence-electron chi connectivity index (χ0n) is 24.2. The lowest BCUT2D eigenvalue weighted by atomic mass is 10.1. The lowest BCUT2D eigenvalue weighted by Gasteiger charge is -2.23. The Morgan fingerprint density at radius 1 is 0.583 bits per heavy atom. The monoisotopic (exact) mass is 812 g/mol. The zero-order chi connectivity index (χ0) is 35.3. The predicted molar refractivity (Wildman–Crippen MR) is 165 cm³/mol. The number of benzene rings is 3. The van der Waals surface area contributed by atoms with Crippen LogP contribution < -0.4 is 10.6 Å². The van der Waals surface area contributed by atoms with Crippen LogP contribution in [0.2, 0.25) is 0 Å². The van der Waals surface area contributed by atoms with Crippen molar-refractivity contribution in [2.75, 3.05) is 23.7 Å². The van der Waals surface area contributed by atoms with Crippen molar-refractivity contribution in [2.24, 2.45) is 0 Å². The molecule has 3 aromatic carbocycles. The van der Waals surface area contributed by atoms with Gasteiger partial charge in [0.05, 0.1) is 58.5 Å². The normalized spacial score (nSPS) is 13.4. The van der Waals surface area contributed by atoms with Gasteiger partial charge in [-0.1, -0.05) is 42.3 Å². The number of nitrogen functional groups attached to an aromatic ring is 1. The fourth-order valence-corrected chi connectivity index (χ4v) is 5.66. The summed E-state index contributed by atoms with van der Waals surface area (Å²) >= 11 is 5.67. The van der Waals surface area contributed by atoms with Gasteiger partial charge in [0.15, 0.2) is 0 Å². The van der Waals surface area contributed by atoms with E-state index in [0.717, 1.165) is 31.0 Å². The summed E-state index contributed by atoms with van der Waals surface area (Å²) in [5, 5.41) is 14.7. The van der Waals surface area contributed by atoms with Crippen LogP contribution >= 0.6 is 31.9 Å². The second-order valence-corrected chi connectivity index (χ2v) is 11.7. The van der Waals surface area contributed by atoms with E-state index in [1.165, 1.54) is 58.2 Å². The molecule has 256 valence electrons. The van der Waals surface area contributed by atoms with Crippen LogP contribution in [0.5, 0.6) is 0 Å². The van der Waals surface area contributed by atoms with E-state index in [0.29, 0.717) is 30.2 Å². The highest BCUT2D eigenvalue weighted by Gasteiger charge is 2.36. The summed E-state index contributed by atoms with van der Waals surface area (Å²) in [6.07, 6.45) is -5.09. The number of hydrogen-bond donors (Lipinski definition) is 1. The largest absolute Gasteiger partial charge is 0.418 e. The van der Waals surface area contributed by atoms with Crippen LogP contribution in [-0.4, -0.2) is 43.1 Å². The third-order valence-corrected chi connectivity index (χ3v) is 7.98. The molecule has 0 atom stereocenters. The minimum absolute atomic E-state index is 0.0204. The Labute approximate surface area is 283 Å². The molecule has 1 aliphatic rings. The fourth-order valence-electron chi connectivity index (χ4n) is 4.45. The fraction of sp³-hybridized carbons (Fsp3) is 0.241. The second kappa shape index (κ2) is 15.0. The Hall–Kier alpha value is -4.13. The minimum atomic E-state index is -4.36. The van der Waals surface area contributed by atoms with E-state index in [1.807, 2.05) is 0 Å². The molecule has 8 nitrogen and oxygen atoms in total. The standard InChI is InChI=1S/C13H13F3N4.C9H5BrF3N3.C7H5BrF3N/c14-13(15,16)11-4-3-10(20-8-5-17-18-20)9-12(11)19-6-1-2-7-19;10-8-5-6(16-4-3-14-15-16)1-2-7(8)9(11,12)13;8-6-3-4(12)1-2-5(6)7(9,10)11/h3-5,8-9H,1-2,6-7H2;1-5H;1-3H,12H2. The summed E-state index contributed by atoms with van der Waals surface area (Å²) < 4.78 is 116. The van der Waals surface area contributed by atoms with E-state index in [4.69, 9.17) is 5.73 Å². The summed E-state index contributed by atoms with van der Waals surface area (Å²) in [6.45, 7) is 1.31. The van der Waals surface area contributed by atoms with Crippen LogP contribution in [0.3, 0.4) is 0 Å². The Morgan fingerprint density at radius 3 is 1.44 bits per heavy atom. The summed E-state index contributed by atoms with van der Waals surface area (Å²) in [5.74, 6) is 0. The Morgan fingerprint density at radius 2 is 1.02 bits per heavy atom. The molecule has 1 saturated heterocycles. The van der Waals surface area contributed by atoms with E-state index in [1.54, 1.807) is 17.3 Å². The van der Waals surface area contributed by atoms with Crippen molar-refractivity contribution in [3.05, 3.63) is 105 Å². The van der Waals surface area contributed by atoms with Gasteiger partial charge in [-0.15, -0.1) is 10.2 Å². The van der Waals surface area contributed by atoms with E-state index in [2.05, 4.69) is 52.5 Å². The Kier molecular flexibility index (Phi) is 11.4. The maximum atomic E-state index is 13.1. The topological polar surface area (TPSA) is 90.7 Å². The van der Waals surface area contributed by atoms with E-state index < -0.39 is 35.2 Å². The van der Waals surface area contributed by atoms with Gasteiger partial charge in [0, 0.05) is 27.7 Å². The molecule has 0 bridgehead atoms. The molecule has 0 aliphatic carbocycles. The van der Waals surface area contributed by atoms with Crippen LogP contribution in [0.4, 0.5) is 50.9 Å². The van der Waals surface area contributed by atoms with Gasteiger partial charge in [-0.2, -0.15) is 39.5 Å². The summed E-state index contributed by atoms with van der Waals surface area (Å²) in [7, 11) is 0. The molecule has 3 heterocycles. The van der Waals surface area contributed by atoms with Crippen molar-refractivity contribution in [2.45, 2.75) is 31.4 Å². The van der Waals surface area contributed by atoms with Crippen molar-refractivity contribution < 1.29 is 39.5 Å². The van der Waals surface area contributed by atoms with Crippen LogP contribution in [0.25, 0.3) is 11.4 Å². The van der Waals surface area contributed by atoms with Crippen LogP contribution in [-0.2, 0) is 18.5 Å². The molecule has 0 unspecified atom stereocenters. The zero-order valence-corrected chi connectivity index (χ0v) is 27.4. The number of alkyl halides is 9. The molecule has 19 heteroatoms. The number of hydrogen-bond acceptors (Lipinski definition) is 6. The Balaban J connectivity index is 0.000000168. The average Bonchev–Trinajstić information content (AvgIpc) is 3.80. The van der Waals surface area contributed by atoms with Crippen LogP contribution in [0.1, 0.15) is 29.5 Å². The molecule has 2 N–H and O–H groups in total. The van der Waals surface area contributed by atoms with Gasteiger partial charge in [-0.25, -0.2) is 9.36 Å². The smallest absolute Gasteiger partial charge is 0.399 e. The number of rotatable bonds is 3. The molecular formula is C29H23Br2F9N8. The highest BCUT2D eigenvalue weighted by atomic mass is 79.9. The summed E-state index contributed by atoms with van der Waals surface area (Å²) in [5.41, 5.74) is 4.87. The van der Waals surface area contributed by atoms with Gasteiger partial charge >= 0.3 is 18.5 Å². The van der Waals surface area contributed by atoms with Crippen molar-refractivity contribution in [3.63, 3.8) is 0 Å². The quantitative estimate of drug-likeness (QED) is 0.145. The summed E-state index contributed by atoms with van der Waals surface area (Å²) in [4.78, 5) is 1.78. The van der Waals surface area contributed by atoms with Crippen LogP contribution in [0.15, 0.2) is 88.3 Å². The number of nitrogens with two attached hydrogens (primary N) is 1. The molecule has 0 radical (unpaired) electrons. The molecule has 6 rings (SSSR count). The van der Waals surface area contributed by atoms with E-state index in [-0.39, 0.29) is 14.6 Å². The maximum Gasteiger partial charge on any atom is 0.418 e. The summed E-state index contributed by atoms with van der Waals surface area (Å²) in [6, 6.07) is 11.1. The lowest BCUT2D eigenvalue weighted by Crippen LogP contribution is -2.22. The van der Waals surface area contributed by atoms with Gasteiger partial charge < -0.3 is 10.6 Å². The third-order valence-electron chi connectivity index (χ3n) is 6.66. The molecular weight excluding hydrogens is 791 g/mol.